The predicted octanol–water partition coefficient (Wildman–Crippen LogP) is 12.1. The summed E-state index contributed by atoms with van der Waals surface area (Å²) in [4.78, 5) is 33.4. The second kappa shape index (κ2) is 39.9. The van der Waals surface area contributed by atoms with E-state index >= 15 is 0 Å². The first kappa shape index (κ1) is 52.7. The van der Waals surface area contributed by atoms with Crippen LogP contribution in [0, 0.1) is 0 Å². The highest BCUT2D eigenvalue weighted by Crippen LogP contribution is 2.43. The SMILES string of the molecule is CCC/C=C\CCCCCCCC(=O)OC(COCCCCCCCCCCCCCCCCCCCCCCCC)COP(=O)(O)OCC(N)C(=O)O. The van der Waals surface area contributed by atoms with Crippen molar-refractivity contribution in [3.8, 4) is 0 Å². The second-order valence-electron chi connectivity index (χ2n) is 15.2. The molecule has 0 spiro atoms. The smallest absolute Gasteiger partial charge is 0.472 e. The van der Waals surface area contributed by atoms with Crippen molar-refractivity contribution in [1.82, 2.24) is 0 Å². The first-order chi connectivity index (χ1) is 26.2. The number of carboxylic acids is 1. The summed E-state index contributed by atoms with van der Waals surface area (Å²) in [6, 6.07) is -1.47. The Hall–Kier alpha value is -1.29. The van der Waals surface area contributed by atoms with Gasteiger partial charge in [-0.1, -0.05) is 187 Å². The maximum atomic E-state index is 12.6. The summed E-state index contributed by atoms with van der Waals surface area (Å²) in [5.74, 6) is -1.78. The van der Waals surface area contributed by atoms with Gasteiger partial charge >= 0.3 is 19.8 Å². The highest BCUT2D eigenvalue weighted by Gasteiger charge is 2.27. The van der Waals surface area contributed by atoms with Crippen LogP contribution in [0.1, 0.15) is 213 Å². The molecule has 3 atom stereocenters. The minimum atomic E-state index is -4.61. The lowest BCUT2D eigenvalue weighted by molar-refractivity contribution is -0.154. The lowest BCUT2D eigenvalue weighted by Gasteiger charge is -2.20. The Morgan fingerprint density at radius 2 is 1.00 bits per heavy atom. The monoisotopic (exact) mass is 790 g/mol. The average molecular weight is 790 g/mol. The van der Waals surface area contributed by atoms with E-state index < -0.39 is 45.1 Å². The van der Waals surface area contributed by atoms with E-state index in [4.69, 9.17) is 29.4 Å². The van der Waals surface area contributed by atoms with Gasteiger partial charge < -0.3 is 25.2 Å². The third-order valence-electron chi connectivity index (χ3n) is 9.78. The maximum Gasteiger partial charge on any atom is 0.472 e. The van der Waals surface area contributed by atoms with E-state index in [0.29, 0.717) is 13.0 Å². The van der Waals surface area contributed by atoms with E-state index in [-0.39, 0.29) is 13.0 Å². The highest BCUT2D eigenvalue weighted by molar-refractivity contribution is 7.47. The standard InChI is InChI=1S/C43H84NO9P/c1-3-5-7-9-11-13-15-16-17-18-19-20-21-22-23-24-25-26-28-30-32-34-36-50-37-40(38-51-54(48,49)52-39-41(44)43(46)47)53-42(45)35-33-31-29-27-14-12-10-8-6-4-2/h8,10,40-41H,3-7,9,11-39,44H2,1-2H3,(H,46,47)(H,48,49)/b10-8-. The van der Waals surface area contributed by atoms with Crippen molar-refractivity contribution in [3.05, 3.63) is 12.2 Å². The van der Waals surface area contributed by atoms with Crippen LogP contribution in [0.5, 0.6) is 0 Å². The lowest BCUT2D eigenvalue weighted by atomic mass is 10.0. The normalized spacial score (nSPS) is 14.0. The van der Waals surface area contributed by atoms with Crippen LogP contribution in [-0.4, -0.2) is 60.5 Å². The van der Waals surface area contributed by atoms with Gasteiger partial charge in [-0.2, -0.15) is 0 Å². The summed E-state index contributed by atoms with van der Waals surface area (Å²) < 4.78 is 33.3. The molecule has 0 fully saturated rings. The number of ether oxygens (including phenoxy) is 2. The summed E-state index contributed by atoms with van der Waals surface area (Å²) in [5.41, 5.74) is 5.35. The summed E-state index contributed by atoms with van der Waals surface area (Å²) in [7, 11) is -4.61. The molecule has 0 aromatic rings. The fourth-order valence-electron chi connectivity index (χ4n) is 6.31. The van der Waals surface area contributed by atoms with Crippen LogP contribution in [0.2, 0.25) is 0 Å². The first-order valence-corrected chi connectivity index (χ1v) is 23.7. The van der Waals surface area contributed by atoms with Crippen molar-refractivity contribution >= 4 is 19.8 Å². The largest absolute Gasteiger partial charge is 0.480 e. The minimum absolute atomic E-state index is 0.0190. The van der Waals surface area contributed by atoms with Crippen LogP contribution in [0.15, 0.2) is 12.2 Å². The van der Waals surface area contributed by atoms with Gasteiger partial charge in [0.05, 0.1) is 19.8 Å². The van der Waals surface area contributed by atoms with Crippen LogP contribution in [0.4, 0.5) is 0 Å². The topological polar surface area (TPSA) is 155 Å². The number of hydrogen-bond donors (Lipinski definition) is 3. The highest BCUT2D eigenvalue weighted by atomic mass is 31.2. The summed E-state index contributed by atoms with van der Waals surface area (Å²) in [5, 5.41) is 8.88. The molecular formula is C43H84NO9P. The van der Waals surface area contributed by atoms with E-state index in [1.165, 1.54) is 128 Å². The molecule has 3 unspecified atom stereocenters. The number of aliphatic carboxylic acids is 1. The van der Waals surface area contributed by atoms with Gasteiger partial charge in [0.25, 0.3) is 0 Å². The maximum absolute atomic E-state index is 12.6. The molecule has 320 valence electrons. The number of phosphoric ester groups is 1. The molecule has 0 radical (unpaired) electrons. The molecule has 0 saturated heterocycles. The summed E-state index contributed by atoms with van der Waals surface area (Å²) in [6.07, 6.45) is 41.4. The molecule has 0 aromatic carbocycles. The van der Waals surface area contributed by atoms with Gasteiger partial charge in [0.2, 0.25) is 0 Å². The van der Waals surface area contributed by atoms with Crippen LogP contribution in [-0.2, 0) is 32.7 Å². The summed E-state index contributed by atoms with van der Waals surface area (Å²) in [6.45, 7) is 3.84. The van der Waals surface area contributed by atoms with Gasteiger partial charge in [0.1, 0.15) is 12.1 Å². The molecule has 0 aromatic heterocycles. The van der Waals surface area contributed by atoms with Crippen molar-refractivity contribution in [2.45, 2.75) is 225 Å². The zero-order valence-corrected chi connectivity index (χ0v) is 35.7. The summed E-state index contributed by atoms with van der Waals surface area (Å²) >= 11 is 0. The Morgan fingerprint density at radius 3 is 1.48 bits per heavy atom. The molecule has 0 saturated carbocycles. The Kier molecular flexibility index (Phi) is 39.0. The third-order valence-corrected chi connectivity index (χ3v) is 10.7. The molecule has 0 aliphatic rings. The number of unbranched alkanes of at least 4 members (excludes halogenated alkanes) is 27. The quantitative estimate of drug-likeness (QED) is 0.0235. The van der Waals surface area contributed by atoms with Crippen molar-refractivity contribution in [2.24, 2.45) is 5.73 Å². The van der Waals surface area contributed by atoms with Crippen molar-refractivity contribution in [1.29, 1.82) is 0 Å². The number of carboxylic acid groups (broad SMARTS) is 1. The van der Waals surface area contributed by atoms with Gasteiger partial charge in [0, 0.05) is 13.0 Å². The zero-order chi connectivity index (χ0) is 39.8. The van der Waals surface area contributed by atoms with E-state index in [0.717, 1.165) is 57.8 Å². The zero-order valence-electron chi connectivity index (χ0n) is 34.8. The molecule has 0 rings (SSSR count). The first-order valence-electron chi connectivity index (χ1n) is 22.2. The molecule has 0 bridgehead atoms. The van der Waals surface area contributed by atoms with Gasteiger partial charge in [-0.25, -0.2) is 4.57 Å². The van der Waals surface area contributed by atoms with Crippen LogP contribution in [0.3, 0.4) is 0 Å². The number of carbonyl (C=O) groups is 2. The van der Waals surface area contributed by atoms with E-state index in [1.54, 1.807) is 0 Å². The third kappa shape index (κ3) is 39.0. The van der Waals surface area contributed by atoms with E-state index in [1.807, 2.05) is 0 Å². The van der Waals surface area contributed by atoms with Gasteiger partial charge in [-0.15, -0.1) is 0 Å². The van der Waals surface area contributed by atoms with Gasteiger partial charge in [-0.3, -0.25) is 18.6 Å². The Balaban J connectivity index is 4.05. The van der Waals surface area contributed by atoms with Crippen LogP contribution >= 0.6 is 7.82 Å². The van der Waals surface area contributed by atoms with Gasteiger partial charge in [-0.05, 0) is 32.1 Å². The second-order valence-corrected chi connectivity index (χ2v) is 16.6. The number of nitrogens with two attached hydrogens (primary N) is 1. The van der Waals surface area contributed by atoms with Crippen LogP contribution in [0.25, 0.3) is 0 Å². The Bertz CT molecular complexity index is 919. The number of rotatable bonds is 43. The minimum Gasteiger partial charge on any atom is -0.480 e. The molecule has 4 N–H and O–H groups in total. The van der Waals surface area contributed by atoms with E-state index in [2.05, 4.69) is 26.0 Å². The number of esters is 1. The fraction of sp³-hybridized carbons (Fsp3) is 0.907. The molecule has 0 amide bonds. The van der Waals surface area contributed by atoms with Crippen LogP contribution < -0.4 is 5.73 Å². The van der Waals surface area contributed by atoms with Crippen molar-refractivity contribution < 1.29 is 42.7 Å². The number of allylic oxidation sites excluding steroid dienone is 2. The molecule has 0 aliphatic heterocycles. The fourth-order valence-corrected chi connectivity index (χ4v) is 7.09. The number of hydrogen-bond acceptors (Lipinski definition) is 8. The lowest BCUT2D eigenvalue weighted by Crippen LogP contribution is -2.34. The molecule has 0 aliphatic carbocycles. The molecule has 0 heterocycles. The Labute approximate surface area is 331 Å². The molecule has 54 heavy (non-hydrogen) atoms. The predicted molar refractivity (Wildman–Crippen MR) is 222 cm³/mol. The number of phosphoric acid groups is 1. The average Bonchev–Trinajstić information content (AvgIpc) is 3.15. The molecule has 10 nitrogen and oxygen atoms in total. The van der Waals surface area contributed by atoms with Gasteiger partial charge in [0.15, 0.2) is 0 Å². The molecular weight excluding hydrogens is 705 g/mol. The number of carbonyl (C=O) groups excluding carboxylic acids is 1. The Morgan fingerprint density at radius 1 is 0.574 bits per heavy atom. The van der Waals surface area contributed by atoms with E-state index in [9.17, 15) is 19.0 Å². The van der Waals surface area contributed by atoms with Crippen molar-refractivity contribution in [3.63, 3.8) is 0 Å². The molecule has 11 heteroatoms. The van der Waals surface area contributed by atoms with Crippen molar-refractivity contribution in [2.75, 3.05) is 26.4 Å².